The fourth-order valence-electron chi connectivity index (χ4n) is 5.73. The van der Waals surface area contributed by atoms with Gasteiger partial charge in [0.05, 0.1) is 19.1 Å². The van der Waals surface area contributed by atoms with Crippen LogP contribution in [-0.4, -0.2) is 43.7 Å². The number of methoxy groups -OCH3 is 1. The highest BCUT2D eigenvalue weighted by Gasteiger charge is 2.53. The molecule has 1 saturated heterocycles. The SMILES string of the molecule is COCCc1cc(C)c(C)c(CN(C(=O)C2CNCC[C@@]23OCc2cc(F)c(F)cc23)C2CC2)c1. The minimum atomic E-state index is -0.926. The maximum absolute atomic E-state index is 14.3. The fraction of sp³-hybridized carbons (Fsp3) is 0.536. The van der Waals surface area contributed by atoms with E-state index < -0.39 is 23.2 Å². The first-order valence-electron chi connectivity index (χ1n) is 12.6. The van der Waals surface area contributed by atoms with Crippen LogP contribution in [0.15, 0.2) is 24.3 Å². The van der Waals surface area contributed by atoms with Gasteiger partial charge < -0.3 is 19.7 Å². The van der Waals surface area contributed by atoms with Crippen molar-refractivity contribution in [2.24, 2.45) is 5.92 Å². The summed E-state index contributed by atoms with van der Waals surface area (Å²) in [4.78, 5) is 16.2. The second-order valence-corrected chi connectivity index (χ2v) is 10.2. The monoisotopic (exact) mass is 484 g/mol. The van der Waals surface area contributed by atoms with Crippen LogP contribution < -0.4 is 5.32 Å². The van der Waals surface area contributed by atoms with Crippen molar-refractivity contribution in [3.63, 3.8) is 0 Å². The van der Waals surface area contributed by atoms with Gasteiger partial charge in [-0.1, -0.05) is 12.1 Å². The molecule has 3 aliphatic rings. The van der Waals surface area contributed by atoms with Crippen LogP contribution in [0.5, 0.6) is 0 Å². The van der Waals surface area contributed by atoms with Crippen LogP contribution in [0, 0.1) is 31.4 Å². The fourth-order valence-corrected chi connectivity index (χ4v) is 5.73. The number of benzene rings is 2. The molecule has 35 heavy (non-hydrogen) atoms. The number of fused-ring (bicyclic) bond motifs is 2. The van der Waals surface area contributed by atoms with Gasteiger partial charge in [0.15, 0.2) is 11.6 Å². The molecular formula is C28H34F2N2O3. The van der Waals surface area contributed by atoms with Crippen molar-refractivity contribution in [3.8, 4) is 0 Å². The van der Waals surface area contributed by atoms with Gasteiger partial charge in [-0.25, -0.2) is 8.78 Å². The Bertz CT molecular complexity index is 1130. The van der Waals surface area contributed by atoms with Crippen molar-refractivity contribution in [1.82, 2.24) is 10.2 Å². The van der Waals surface area contributed by atoms with E-state index in [-0.39, 0.29) is 18.6 Å². The number of hydrogen-bond acceptors (Lipinski definition) is 4. The van der Waals surface area contributed by atoms with Gasteiger partial charge in [-0.2, -0.15) is 0 Å². The molecule has 188 valence electrons. The van der Waals surface area contributed by atoms with Crippen LogP contribution >= 0.6 is 0 Å². The van der Waals surface area contributed by atoms with E-state index in [1.54, 1.807) is 7.11 Å². The van der Waals surface area contributed by atoms with Gasteiger partial charge in [-0.3, -0.25) is 4.79 Å². The first-order valence-corrected chi connectivity index (χ1v) is 12.6. The Kier molecular flexibility index (Phi) is 6.68. The number of piperidine rings is 1. The van der Waals surface area contributed by atoms with Crippen molar-refractivity contribution >= 4 is 5.91 Å². The van der Waals surface area contributed by atoms with Crippen LogP contribution in [0.2, 0.25) is 0 Å². The third kappa shape index (κ3) is 4.50. The van der Waals surface area contributed by atoms with Crippen molar-refractivity contribution < 1.29 is 23.0 Å². The summed E-state index contributed by atoms with van der Waals surface area (Å²) in [5.74, 6) is -2.24. The molecule has 1 saturated carbocycles. The lowest BCUT2D eigenvalue weighted by molar-refractivity contribution is -0.157. The summed E-state index contributed by atoms with van der Waals surface area (Å²) < 4.78 is 39.7. The lowest BCUT2D eigenvalue weighted by atomic mass is 9.75. The molecule has 0 aromatic heterocycles. The van der Waals surface area contributed by atoms with Crippen LogP contribution in [0.1, 0.15) is 52.6 Å². The van der Waals surface area contributed by atoms with Gasteiger partial charge in [0.1, 0.15) is 5.60 Å². The number of ether oxygens (including phenoxy) is 2. The van der Waals surface area contributed by atoms with Gasteiger partial charge in [0, 0.05) is 26.2 Å². The molecule has 1 N–H and O–H groups in total. The summed E-state index contributed by atoms with van der Waals surface area (Å²) in [6, 6.07) is 7.06. The molecule has 2 fully saturated rings. The highest BCUT2D eigenvalue weighted by atomic mass is 19.2. The molecule has 2 heterocycles. The van der Waals surface area contributed by atoms with Crippen LogP contribution in [-0.2, 0) is 39.4 Å². The summed E-state index contributed by atoms with van der Waals surface area (Å²) in [5, 5.41) is 3.35. The second-order valence-electron chi connectivity index (χ2n) is 10.2. The highest BCUT2D eigenvalue weighted by molar-refractivity contribution is 5.82. The molecule has 2 aliphatic heterocycles. The molecule has 0 radical (unpaired) electrons. The van der Waals surface area contributed by atoms with Gasteiger partial charge in [0.2, 0.25) is 5.91 Å². The normalized spacial score (nSPS) is 23.5. The largest absolute Gasteiger partial charge is 0.384 e. The minimum Gasteiger partial charge on any atom is -0.384 e. The third-order valence-corrected chi connectivity index (χ3v) is 8.01. The van der Waals surface area contributed by atoms with E-state index in [4.69, 9.17) is 9.47 Å². The van der Waals surface area contributed by atoms with E-state index in [2.05, 4.69) is 31.3 Å². The summed E-state index contributed by atoms with van der Waals surface area (Å²) in [6.45, 7) is 6.70. The Morgan fingerprint density at radius 3 is 2.71 bits per heavy atom. The van der Waals surface area contributed by atoms with E-state index >= 15 is 0 Å². The second kappa shape index (κ2) is 9.60. The molecule has 2 aromatic carbocycles. The molecule has 1 unspecified atom stereocenters. The molecule has 2 aromatic rings. The molecule has 5 nitrogen and oxygen atoms in total. The van der Waals surface area contributed by atoms with Crippen molar-refractivity contribution in [2.45, 2.75) is 64.3 Å². The zero-order valence-electron chi connectivity index (χ0n) is 20.8. The van der Waals surface area contributed by atoms with E-state index in [0.29, 0.717) is 43.8 Å². The molecular weight excluding hydrogens is 450 g/mol. The number of hydrogen-bond donors (Lipinski definition) is 1. The van der Waals surface area contributed by atoms with E-state index in [0.717, 1.165) is 24.8 Å². The van der Waals surface area contributed by atoms with Crippen molar-refractivity contribution in [2.75, 3.05) is 26.8 Å². The Labute approximate surface area is 205 Å². The molecule has 7 heteroatoms. The highest BCUT2D eigenvalue weighted by Crippen LogP contribution is 2.48. The van der Waals surface area contributed by atoms with Crippen molar-refractivity contribution in [3.05, 3.63) is 69.3 Å². The van der Waals surface area contributed by atoms with Crippen molar-refractivity contribution in [1.29, 1.82) is 0 Å². The zero-order chi connectivity index (χ0) is 24.7. The number of carbonyl (C=O) groups is 1. The Morgan fingerprint density at radius 1 is 1.20 bits per heavy atom. The Balaban J connectivity index is 1.47. The first kappa shape index (κ1) is 24.3. The molecule has 2 atom stereocenters. The van der Waals surface area contributed by atoms with E-state index in [9.17, 15) is 13.6 Å². The van der Waals surface area contributed by atoms with Gasteiger partial charge in [0.25, 0.3) is 0 Å². The van der Waals surface area contributed by atoms with Crippen LogP contribution in [0.4, 0.5) is 8.78 Å². The molecule has 1 amide bonds. The number of rotatable bonds is 7. The topological polar surface area (TPSA) is 50.8 Å². The zero-order valence-corrected chi connectivity index (χ0v) is 20.8. The number of amides is 1. The lowest BCUT2D eigenvalue weighted by Crippen LogP contribution is -2.55. The summed E-state index contributed by atoms with van der Waals surface area (Å²) >= 11 is 0. The van der Waals surface area contributed by atoms with E-state index in [1.165, 1.54) is 28.8 Å². The van der Waals surface area contributed by atoms with Gasteiger partial charge >= 0.3 is 0 Å². The third-order valence-electron chi connectivity index (χ3n) is 8.01. The Hall–Kier alpha value is -2.35. The van der Waals surface area contributed by atoms with Gasteiger partial charge in [-0.05, 0) is 91.6 Å². The molecule has 1 spiro atoms. The number of nitrogens with zero attached hydrogens (tertiary/aromatic N) is 1. The number of aryl methyl sites for hydroxylation is 1. The lowest BCUT2D eigenvalue weighted by Gasteiger charge is -2.43. The average Bonchev–Trinajstić information content (AvgIpc) is 3.64. The Morgan fingerprint density at radius 2 is 1.97 bits per heavy atom. The average molecular weight is 485 g/mol. The molecule has 5 rings (SSSR count). The quantitative estimate of drug-likeness (QED) is 0.637. The predicted octanol–water partition coefficient (Wildman–Crippen LogP) is 4.30. The predicted molar refractivity (Wildman–Crippen MR) is 129 cm³/mol. The molecule has 1 aliphatic carbocycles. The van der Waals surface area contributed by atoms with Crippen LogP contribution in [0.25, 0.3) is 0 Å². The first-order chi connectivity index (χ1) is 16.8. The standard InChI is InChI=1S/C28H34F2N2O3/c1-17-10-19(6-9-34-3)11-20(18(17)2)15-32(22-4-5-22)27(33)24-14-31-8-7-28(24)23-13-26(30)25(29)12-21(23)16-35-28/h10-13,22,24,31H,4-9,14-16H2,1-3H3/t24?,28-/m0/s1. The van der Waals surface area contributed by atoms with Gasteiger partial charge in [-0.15, -0.1) is 0 Å². The van der Waals surface area contributed by atoms with E-state index in [1.807, 2.05) is 4.90 Å². The number of halogens is 2. The number of nitrogens with one attached hydrogen (secondary N) is 1. The smallest absolute Gasteiger partial charge is 0.230 e. The summed E-state index contributed by atoms with van der Waals surface area (Å²) in [7, 11) is 1.70. The van der Waals surface area contributed by atoms with Crippen LogP contribution in [0.3, 0.4) is 0 Å². The maximum Gasteiger partial charge on any atom is 0.230 e. The minimum absolute atomic E-state index is 0.0247. The summed E-state index contributed by atoms with van der Waals surface area (Å²) in [6.07, 6.45) is 3.34. The summed E-state index contributed by atoms with van der Waals surface area (Å²) in [5.41, 5.74) is 5.09. The number of carbonyl (C=O) groups excluding carboxylic acids is 1. The molecule has 0 bridgehead atoms. The maximum atomic E-state index is 14.3.